The number of carbonyl (C=O) groups excluding carboxylic acids is 1. The maximum absolute atomic E-state index is 13.0. The van der Waals surface area contributed by atoms with E-state index in [1.54, 1.807) is 33.7 Å². The second kappa shape index (κ2) is 9.40. The smallest absolute Gasteiger partial charge is 0.416 e. The Kier molecular flexibility index (Phi) is 6.24. The van der Waals surface area contributed by atoms with Gasteiger partial charge in [-0.25, -0.2) is 15.0 Å². The molecule has 4 heterocycles. The molecule has 8 nitrogen and oxygen atoms in total. The number of likely N-dealkylation sites (tertiary alicyclic amines) is 1. The first-order chi connectivity index (χ1) is 17.7. The largest absolute Gasteiger partial charge is 0.437 e. The number of nitrogens with two attached hydrogens (primary N) is 1. The van der Waals surface area contributed by atoms with Crippen LogP contribution in [-0.4, -0.2) is 43.2 Å². The van der Waals surface area contributed by atoms with Crippen molar-refractivity contribution < 1.29 is 22.7 Å². The Balaban J connectivity index is 1.49. The number of imidazole rings is 1. The highest BCUT2D eigenvalue weighted by Crippen LogP contribution is 2.38. The molecule has 12 heteroatoms. The van der Waals surface area contributed by atoms with Gasteiger partial charge in [-0.3, -0.25) is 9.20 Å². The minimum atomic E-state index is -4.53. The van der Waals surface area contributed by atoms with Gasteiger partial charge in [-0.15, -0.1) is 0 Å². The number of aromatic nitrogens is 4. The average Bonchev–Trinajstić information content (AvgIpc) is 3.50. The molecule has 0 radical (unpaired) electrons. The number of rotatable bonds is 5. The summed E-state index contributed by atoms with van der Waals surface area (Å²) in [7, 11) is 0. The monoisotopic (exact) mass is 528 g/mol. The standard InChI is InChI=1S/C25H20ClF3N6O2/c1-2-21(36)34-10-7-15(13-34)22-18-6-9-32-24(30)35(18)23(33-22)14-3-4-19(17(26)11-14)37-20-12-16(5-8-31-20)25(27,28)29/h2-6,8-9,11-12,15H,1,7,10,13H2,(H2,30,32). The Morgan fingerprint density at radius 2 is 1.97 bits per heavy atom. The van der Waals surface area contributed by atoms with Gasteiger partial charge < -0.3 is 15.4 Å². The summed E-state index contributed by atoms with van der Waals surface area (Å²) in [4.78, 5) is 26.7. The normalized spacial score (nSPS) is 15.8. The van der Waals surface area contributed by atoms with Crippen LogP contribution in [0.4, 0.5) is 19.1 Å². The summed E-state index contributed by atoms with van der Waals surface area (Å²) in [5.74, 6) is 0.428. The number of nitrogen functional groups attached to an aromatic ring is 1. The molecule has 1 aliphatic rings. The van der Waals surface area contributed by atoms with E-state index in [1.165, 1.54) is 12.1 Å². The summed E-state index contributed by atoms with van der Waals surface area (Å²) < 4.78 is 46.3. The molecule has 1 aromatic carbocycles. The first-order valence-electron chi connectivity index (χ1n) is 11.2. The van der Waals surface area contributed by atoms with Crippen molar-refractivity contribution in [2.45, 2.75) is 18.5 Å². The predicted octanol–water partition coefficient (Wildman–Crippen LogP) is 5.34. The van der Waals surface area contributed by atoms with Crippen LogP contribution in [0, 0.1) is 0 Å². The quantitative estimate of drug-likeness (QED) is 0.351. The van der Waals surface area contributed by atoms with E-state index < -0.39 is 11.7 Å². The zero-order chi connectivity index (χ0) is 26.3. The number of nitrogens with zero attached hydrogens (tertiary/aromatic N) is 5. The lowest BCUT2D eigenvalue weighted by molar-refractivity contribution is -0.137. The lowest BCUT2D eigenvalue weighted by Crippen LogP contribution is -2.26. The number of alkyl halides is 3. The van der Waals surface area contributed by atoms with E-state index >= 15 is 0 Å². The molecule has 1 unspecified atom stereocenters. The van der Waals surface area contributed by atoms with Crippen LogP contribution >= 0.6 is 11.6 Å². The maximum Gasteiger partial charge on any atom is 0.416 e. The van der Waals surface area contributed by atoms with E-state index in [4.69, 9.17) is 27.1 Å². The Bertz CT molecular complexity index is 1520. The third-order valence-corrected chi connectivity index (χ3v) is 6.43. The maximum atomic E-state index is 13.0. The minimum Gasteiger partial charge on any atom is -0.437 e. The molecular formula is C25H20ClF3N6O2. The van der Waals surface area contributed by atoms with Gasteiger partial charge in [-0.2, -0.15) is 13.2 Å². The van der Waals surface area contributed by atoms with Crippen molar-refractivity contribution in [2.24, 2.45) is 0 Å². The van der Waals surface area contributed by atoms with Crippen LogP contribution < -0.4 is 10.5 Å². The Morgan fingerprint density at radius 3 is 2.70 bits per heavy atom. The van der Waals surface area contributed by atoms with Gasteiger partial charge in [-0.1, -0.05) is 18.2 Å². The first kappa shape index (κ1) is 24.6. The number of fused-ring (bicyclic) bond motifs is 1. The van der Waals surface area contributed by atoms with Gasteiger partial charge in [0.1, 0.15) is 11.6 Å². The number of pyridine rings is 1. The number of amides is 1. The fraction of sp³-hybridized carbons (Fsp3) is 0.200. The van der Waals surface area contributed by atoms with E-state index in [1.807, 2.05) is 0 Å². The van der Waals surface area contributed by atoms with Crippen molar-refractivity contribution in [1.82, 2.24) is 24.3 Å². The molecule has 5 rings (SSSR count). The fourth-order valence-corrected chi connectivity index (χ4v) is 4.59. The molecule has 0 spiro atoms. The number of benzene rings is 1. The Hall–Kier alpha value is -4.12. The van der Waals surface area contributed by atoms with Crippen molar-refractivity contribution in [1.29, 1.82) is 0 Å². The summed E-state index contributed by atoms with van der Waals surface area (Å²) in [5.41, 5.74) is 7.43. The Labute approximate surface area is 214 Å². The molecule has 1 aliphatic heterocycles. The van der Waals surface area contributed by atoms with Crippen molar-refractivity contribution in [2.75, 3.05) is 18.8 Å². The number of anilines is 1. The minimum absolute atomic E-state index is 0.0143. The van der Waals surface area contributed by atoms with E-state index in [2.05, 4.69) is 16.5 Å². The van der Waals surface area contributed by atoms with Crippen LogP contribution in [0.3, 0.4) is 0 Å². The van der Waals surface area contributed by atoms with Crippen LogP contribution in [-0.2, 0) is 11.0 Å². The zero-order valence-electron chi connectivity index (χ0n) is 19.2. The number of carbonyl (C=O) groups is 1. The van der Waals surface area contributed by atoms with E-state index in [9.17, 15) is 18.0 Å². The molecule has 3 aromatic heterocycles. The molecule has 1 amide bonds. The van der Waals surface area contributed by atoms with Crippen LogP contribution in [0.15, 0.2) is 61.4 Å². The molecule has 2 N–H and O–H groups in total. The van der Waals surface area contributed by atoms with Crippen LogP contribution in [0.5, 0.6) is 11.6 Å². The second-order valence-electron chi connectivity index (χ2n) is 8.45. The number of halogens is 4. The molecule has 37 heavy (non-hydrogen) atoms. The number of hydrogen-bond acceptors (Lipinski definition) is 6. The summed E-state index contributed by atoms with van der Waals surface area (Å²) in [6, 6.07) is 8.23. The van der Waals surface area contributed by atoms with Gasteiger partial charge in [0.25, 0.3) is 0 Å². The highest BCUT2D eigenvalue weighted by molar-refractivity contribution is 6.32. The third-order valence-electron chi connectivity index (χ3n) is 6.14. The summed E-state index contributed by atoms with van der Waals surface area (Å²) >= 11 is 6.44. The molecule has 1 atom stereocenters. The van der Waals surface area contributed by atoms with Crippen molar-refractivity contribution in [3.8, 4) is 23.0 Å². The fourth-order valence-electron chi connectivity index (χ4n) is 4.37. The lowest BCUT2D eigenvalue weighted by atomic mass is 10.0. The molecule has 4 aromatic rings. The topological polar surface area (TPSA) is 98.6 Å². The Morgan fingerprint density at radius 1 is 1.19 bits per heavy atom. The van der Waals surface area contributed by atoms with E-state index in [0.29, 0.717) is 24.5 Å². The van der Waals surface area contributed by atoms with E-state index in [-0.39, 0.29) is 34.4 Å². The molecule has 1 saturated heterocycles. The van der Waals surface area contributed by atoms with Crippen LogP contribution in [0.2, 0.25) is 5.02 Å². The summed E-state index contributed by atoms with van der Waals surface area (Å²) in [5, 5.41) is 0.140. The number of hydrogen-bond donors (Lipinski definition) is 1. The van der Waals surface area contributed by atoms with Crippen molar-refractivity contribution >= 4 is 29.0 Å². The highest BCUT2D eigenvalue weighted by Gasteiger charge is 2.32. The molecule has 0 bridgehead atoms. The molecule has 0 saturated carbocycles. The van der Waals surface area contributed by atoms with Crippen molar-refractivity contribution in [3.63, 3.8) is 0 Å². The van der Waals surface area contributed by atoms with Gasteiger partial charge in [0, 0.05) is 43.0 Å². The molecule has 0 aliphatic carbocycles. The van der Waals surface area contributed by atoms with E-state index in [0.717, 1.165) is 36.0 Å². The molecule has 1 fully saturated rings. The van der Waals surface area contributed by atoms with Crippen LogP contribution in [0.1, 0.15) is 23.6 Å². The van der Waals surface area contributed by atoms with Gasteiger partial charge >= 0.3 is 6.18 Å². The molecule has 190 valence electrons. The second-order valence-corrected chi connectivity index (χ2v) is 8.85. The molecular weight excluding hydrogens is 509 g/mol. The number of ether oxygens (including phenoxy) is 1. The van der Waals surface area contributed by atoms with Gasteiger partial charge in [0.05, 0.1) is 21.8 Å². The first-order valence-corrected chi connectivity index (χ1v) is 11.6. The van der Waals surface area contributed by atoms with Gasteiger partial charge in [0.15, 0.2) is 0 Å². The average molecular weight is 529 g/mol. The van der Waals surface area contributed by atoms with Gasteiger partial charge in [0.2, 0.25) is 17.7 Å². The summed E-state index contributed by atoms with van der Waals surface area (Å²) in [6.07, 6.45) is 0.0960. The third kappa shape index (κ3) is 4.69. The van der Waals surface area contributed by atoms with Crippen LogP contribution in [0.25, 0.3) is 16.9 Å². The predicted molar refractivity (Wildman–Crippen MR) is 131 cm³/mol. The summed E-state index contributed by atoms with van der Waals surface area (Å²) in [6.45, 7) is 4.64. The SMILES string of the molecule is C=CC(=O)N1CCC(c2nc(-c3ccc(Oc4cc(C(F)(F)F)ccn4)c(Cl)c3)n3c(N)nccc23)C1. The lowest BCUT2D eigenvalue weighted by Gasteiger charge is -2.13. The van der Waals surface area contributed by atoms with Gasteiger partial charge in [-0.05, 0) is 42.8 Å². The zero-order valence-corrected chi connectivity index (χ0v) is 20.0. The van der Waals surface area contributed by atoms with Crippen molar-refractivity contribution in [3.05, 3.63) is 77.7 Å². The highest BCUT2D eigenvalue weighted by atomic mass is 35.5.